The van der Waals surface area contributed by atoms with E-state index in [1.165, 1.54) is 0 Å². The Morgan fingerprint density at radius 1 is 1.38 bits per heavy atom. The summed E-state index contributed by atoms with van der Waals surface area (Å²) in [5.41, 5.74) is -0.462. The topological polar surface area (TPSA) is 40.5 Å². The van der Waals surface area contributed by atoms with E-state index >= 15 is 0 Å². The molecule has 0 aliphatic rings. The van der Waals surface area contributed by atoms with E-state index in [2.05, 4.69) is 13.8 Å². The maximum atomic E-state index is 12.2. The molecule has 0 rings (SSSR count). The van der Waals surface area contributed by atoms with E-state index in [4.69, 9.17) is 0 Å². The number of hydrogen-bond donors (Lipinski definition) is 1. The number of carbonyl (C=O) groups excluding carboxylic acids is 1. The number of likely N-dealkylation sites (N-methyl/N-ethyl adjacent to an activating group) is 1. The molecule has 16 heavy (non-hydrogen) atoms. The second-order valence-electron chi connectivity index (χ2n) is 5.12. The number of unbranched alkanes of at least 4 members (excludes halogenated alkanes) is 1. The summed E-state index contributed by atoms with van der Waals surface area (Å²) >= 11 is 0. The van der Waals surface area contributed by atoms with E-state index in [-0.39, 0.29) is 18.4 Å². The molecule has 0 aromatic rings. The molecular formula is C13H27NO2. The van der Waals surface area contributed by atoms with Crippen LogP contribution < -0.4 is 0 Å². The van der Waals surface area contributed by atoms with Gasteiger partial charge in [0.1, 0.15) is 0 Å². The van der Waals surface area contributed by atoms with Gasteiger partial charge in [-0.3, -0.25) is 4.79 Å². The maximum absolute atomic E-state index is 12.2. The van der Waals surface area contributed by atoms with Crippen LogP contribution >= 0.6 is 0 Å². The second kappa shape index (κ2) is 6.89. The number of aliphatic hydroxyl groups is 1. The average Bonchev–Trinajstić information content (AvgIpc) is 2.28. The molecule has 0 radical (unpaired) electrons. The van der Waals surface area contributed by atoms with Gasteiger partial charge >= 0.3 is 0 Å². The number of rotatable bonds is 7. The minimum absolute atomic E-state index is 0.000544. The summed E-state index contributed by atoms with van der Waals surface area (Å²) in [4.78, 5) is 13.9. The molecule has 0 fully saturated rings. The van der Waals surface area contributed by atoms with Gasteiger partial charge in [0.25, 0.3) is 0 Å². The molecule has 1 unspecified atom stereocenters. The lowest BCUT2D eigenvalue weighted by Crippen LogP contribution is -2.49. The van der Waals surface area contributed by atoms with Gasteiger partial charge in [-0.15, -0.1) is 0 Å². The zero-order valence-corrected chi connectivity index (χ0v) is 11.4. The van der Waals surface area contributed by atoms with Gasteiger partial charge in [0.2, 0.25) is 5.91 Å². The Morgan fingerprint density at radius 3 is 2.31 bits per heavy atom. The van der Waals surface area contributed by atoms with Crippen LogP contribution in [0, 0.1) is 5.92 Å². The van der Waals surface area contributed by atoms with Gasteiger partial charge in [-0.25, -0.2) is 0 Å². The summed E-state index contributed by atoms with van der Waals surface area (Å²) in [7, 11) is 1.78. The van der Waals surface area contributed by atoms with Crippen LogP contribution in [0.2, 0.25) is 0 Å². The first kappa shape index (κ1) is 15.4. The molecule has 3 heteroatoms. The van der Waals surface area contributed by atoms with Crippen LogP contribution in [0.25, 0.3) is 0 Å². The number of aliphatic hydroxyl groups excluding tert-OH is 1. The predicted octanol–water partition coefficient (Wildman–Crippen LogP) is 2.43. The zero-order valence-electron chi connectivity index (χ0n) is 11.4. The molecule has 0 saturated heterocycles. The lowest BCUT2D eigenvalue weighted by Gasteiger charge is -2.36. The highest BCUT2D eigenvalue weighted by Crippen LogP contribution is 2.20. The van der Waals surface area contributed by atoms with Crippen molar-refractivity contribution in [1.82, 2.24) is 4.90 Å². The van der Waals surface area contributed by atoms with Crippen LogP contribution in [0.5, 0.6) is 0 Å². The number of carbonyl (C=O) groups is 1. The Morgan fingerprint density at radius 2 is 1.94 bits per heavy atom. The van der Waals surface area contributed by atoms with Crippen molar-refractivity contribution < 1.29 is 9.90 Å². The summed E-state index contributed by atoms with van der Waals surface area (Å²) in [6.07, 6.45) is 4.05. The highest BCUT2D eigenvalue weighted by molar-refractivity contribution is 5.79. The SMILES string of the molecule is CCCCC(CC)C(=O)N(C)C(C)(C)CO. The highest BCUT2D eigenvalue weighted by Gasteiger charge is 2.30. The molecule has 0 aromatic carbocycles. The fraction of sp³-hybridized carbons (Fsp3) is 0.923. The van der Waals surface area contributed by atoms with Crippen molar-refractivity contribution in [2.24, 2.45) is 5.92 Å². The first-order valence-electron chi connectivity index (χ1n) is 6.29. The van der Waals surface area contributed by atoms with Gasteiger partial charge < -0.3 is 10.0 Å². The monoisotopic (exact) mass is 229 g/mol. The predicted molar refractivity (Wildman–Crippen MR) is 67.2 cm³/mol. The van der Waals surface area contributed by atoms with E-state index in [1.54, 1.807) is 11.9 Å². The Kier molecular flexibility index (Phi) is 6.65. The lowest BCUT2D eigenvalue weighted by atomic mass is 9.95. The molecule has 0 heterocycles. The van der Waals surface area contributed by atoms with E-state index in [1.807, 2.05) is 13.8 Å². The molecule has 1 N–H and O–H groups in total. The van der Waals surface area contributed by atoms with Crippen LogP contribution in [-0.2, 0) is 4.79 Å². The Labute approximate surface area is 99.8 Å². The smallest absolute Gasteiger partial charge is 0.225 e. The van der Waals surface area contributed by atoms with Crippen molar-refractivity contribution in [3.63, 3.8) is 0 Å². The van der Waals surface area contributed by atoms with Crippen LogP contribution in [-0.4, -0.2) is 35.1 Å². The van der Waals surface area contributed by atoms with Crippen molar-refractivity contribution >= 4 is 5.91 Å². The van der Waals surface area contributed by atoms with E-state index < -0.39 is 5.54 Å². The third kappa shape index (κ3) is 4.12. The summed E-state index contributed by atoms with van der Waals surface area (Å²) in [5.74, 6) is 0.269. The van der Waals surface area contributed by atoms with Crippen LogP contribution in [0.1, 0.15) is 53.4 Å². The molecule has 3 nitrogen and oxygen atoms in total. The Bertz CT molecular complexity index is 214. The molecule has 0 aliphatic heterocycles. The second-order valence-corrected chi connectivity index (χ2v) is 5.12. The number of amides is 1. The van der Waals surface area contributed by atoms with Gasteiger partial charge in [0.05, 0.1) is 12.1 Å². The van der Waals surface area contributed by atoms with Gasteiger partial charge in [-0.05, 0) is 26.7 Å². The van der Waals surface area contributed by atoms with E-state index in [0.29, 0.717) is 0 Å². The third-order valence-electron chi connectivity index (χ3n) is 3.37. The summed E-state index contributed by atoms with van der Waals surface area (Å²) in [5, 5.41) is 9.25. The first-order chi connectivity index (χ1) is 7.40. The zero-order chi connectivity index (χ0) is 12.8. The normalized spacial score (nSPS) is 13.6. The molecule has 1 atom stereocenters. The molecule has 0 spiro atoms. The highest BCUT2D eigenvalue weighted by atomic mass is 16.3. The molecule has 0 aromatic heterocycles. The van der Waals surface area contributed by atoms with Gasteiger partial charge in [-0.1, -0.05) is 26.7 Å². The van der Waals surface area contributed by atoms with Crippen molar-refractivity contribution in [3.8, 4) is 0 Å². The molecule has 1 amide bonds. The quantitative estimate of drug-likeness (QED) is 0.728. The van der Waals surface area contributed by atoms with Crippen molar-refractivity contribution in [2.75, 3.05) is 13.7 Å². The largest absolute Gasteiger partial charge is 0.394 e. The van der Waals surface area contributed by atoms with E-state index in [9.17, 15) is 9.90 Å². The maximum Gasteiger partial charge on any atom is 0.225 e. The molecular weight excluding hydrogens is 202 g/mol. The van der Waals surface area contributed by atoms with Crippen LogP contribution in [0.15, 0.2) is 0 Å². The van der Waals surface area contributed by atoms with Crippen molar-refractivity contribution in [1.29, 1.82) is 0 Å². The first-order valence-corrected chi connectivity index (χ1v) is 6.29. The minimum Gasteiger partial charge on any atom is -0.394 e. The summed E-state index contributed by atoms with van der Waals surface area (Å²) < 4.78 is 0. The fourth-order valence-electron chi connectivity index (χ4n) is 1.63. The van der Waals surface area contributed by atoms with Crippen molar-refractivity contribution in [3.05, 3.63) is 0 Å². The third-order valence-corrected chi connectivity index (χ3v) is 3.37. The fourth-order valence-corrected chi connectivity index (χ4v) is 1.63. The Hall–Kier alpha value is -0.570. The Balaban J connectivity index is 4.49. The molecule has 96 valence electrons. The molecule has 0 aliphatic carbocycles. The van der Waals surface area contributed by atoms with Gasteiger partial charge in [-0.2, -0.15) is 0 Å². The standard InChI is InChI=1S/C13H27NO2/c1-6-8-9-11(7-2)12(16)14(5)13(3,4)10-15/h11,15H,6-10H2,1-5H3. The lowest BCUT2D eigenvalue weighted by molar-refractivity contribution is -0.140. The van der Waals surface area contributed by atoms with Gasteiger partial charge in [0, 0.05) is 13.0 Å². The van der Waals surface area contributed by atoms with Crippen LogP contribution in [0.3, 0.4) is 0 Å². The average molecular weight is 229 g/mol. The number of nitrogens with zero attached hydrogens (tertiary/aromatic N) is 1. The molecule has 0 bridgehead atoms. The van der Waals surface area contributed by atoms with Gasteiger partial charge in [0.15, 0.2) is 0 Å². The summed E-state index contributed by atoms with van der Waals surface area (Å²) in [6, 6.07) is 0. The minimum atomic E-state index is -0.462. The van der Waals surface area contributed by atoms with E-state index in [0.717, 1.165) is 25.7 Å². The van der Waals surface area contributed by atoms with Crippen molar-refractivity contribution in [2.45, 2.75) is 58.9 Å². The molecule has 0 saturated carbocycles. The summed E-state index contributed by atoms with van der Waals surface area (Å²) in [6.45, 7) is 7.96. The number of hydrogen-bond acceptors (Lipinski definition) is 2. The van der Waals surface area contributed by atoms with Crippen LogP contribution in [0.4, 0.5) is 0 Å².